The van der Waals surface area contributed by atoms with Crippen LogP contribution < -0.4 is 4.74 Å². The Morgan fingerprint density at radius 3 is 2.33 bits per heavy atom. The number of rotatable bonds is 15. The van der Waals surface area contributed by atoms with E-state index in [0.29, 0.717) is 48.8 Å². The van der Waals surface area contributed by atoms with E-state index in [-0.39, 0.29) is 30.4 Å². The van der Waals surface area contributed by atoms with Crippen LogP contribution in [-0.2, 0) is 35.0 Å². The van der Waals surface area contributed by atoms with Crippen molar-refractivity contribution in [1.82, 2.24) is 0 Å². The molecule has 0 fully saturated rings. The number of allylic oxidation sites excluding steroid dienone is 1. The third-order valence-electron chi connectivity index (χ3n) is 6.90. The first-order chi connectivity index (χ1) is 20.7. The van der Waals surface area contributed by atoms with Crippen molar-refractivity contribution < 1.29 is 38.3 Å². The lowest BCUT2D eigenvalue weighted by atomic mass is 9.75. The Morgan fingerprint density at radius 2 is 1.65 bits per heavy atom. The summed E-state index contributed by atoms with van der Waals surface area (Å²) in [5.41, 5.74) is 2.34. The highest BCUT2D eigenvalue weighted by molar-refractivity contribution is 6.07. The summed E-state index contributed by atoms with van der Waals surface area (Å²) >= 11 is 0. The number of aliphatic imine (C=N–C) groups is 1. The zero-order valence-electron chi connectivity index (χ0n) is 25.0. The fourth-order valence-corrected chi connectivity index (χ4v) is 4.84. The van der Waals surface area contributed by atoms with Crippen LogP contribution in [0.15, 0.2) is 64.8 Å². The smallest absolute Gasteiger partial charge is 0.336 e. The number of carbonyl (C=O) groups is 3. The average Bonchev–Trinajstić information content (AvgIpc) is 2.99. The van der Waals surface area contributed by atoms with Crippen LogP contribution in [0.2, 0.25) is 0 Å². The van der Waals surface area contributed by atoms with Crippen molar-refractivity contribution in [2.45, 2.75) is 59.3 Å². The molecule has 2 atom stereocenters. The number of esters is 3. The van der Waals surface area contributed by atoms with Crippen LogP contribution in [0.3, 0.4) is 0 Å². The van der Waals surface area contributed by atoms with Gasteiger partial charge in [-0.05, 0) is 56.9 Å². The van der Waals surface area contributed by atoms with Gasteiger partial charge >= 0.3 is 17.9 Å². The zero-order chi connectivity index (χ0) is 31.4. The molecular formula is C32H38N2O9. The molecule has 2 unspecified atom stereocenters. The second kappa shape index (κ2) is 16.2. The van der Waals surface area contributed by atoms with Gasteiger partial charge in [0, 0.05) is 42.3 Å². The van der Waals surface area contributed by atoms with Gasteiger partial charge < -0.3 is 18.9 Å². The lowest BCUT2D eigenvalue weighted by molar-refractivity contribution is -0.384. The van der Waals surface area contributed by atoms with Crippen LogP contribution in [-0.4, -0.2) is 55.0 Å². The summed E-state index contributed by atoms with van der Waals surface area (Å²) in [5.74, 6) is -2.56. The molecule has 0 saturated heterocycles. The highest BCUT2D eigenvalue weighted by Gasteiger charge is 2.42. The minimum Gasteiger partial charge on any atom is -0.493 e. The molecule has 230 valence electrons. The number of non-ortho nitro benzene ring substituents is 1. The number of nitro groups is 1. The van der Waals surface area contributed by atoms with Gasteiger partial charge in [-0.1, -0.05) is 31.2 Å². The molecule has 0 aliphatic carbocycles. The quantitative estimate of drug-likeness (QED) is 0.0858. The van der Waals surface area contributed by atoms with Crippen molar-refractivity contribution in [2.75, 3.05) is 26.4 Å². The zero-order valence-corrected chi connectivity index (χ0v) is 25.0. The first kappa shape index (κ1) is 33.0. The maximum absolute atomic E-state index is 13.4. The van der Waals surface area contributed by atoms with Crippen LogP contribution >= 0.6 is 0 Å². The standard InChI is InChI=1S/C32H38N2O9/c1-5-27(35)42-17-8-10-23-13-15-26(16-14-23)41-18-9-19-43-32(37)29-22(4)33-21(3)28(31(36)40-6-2)30(29)24-11-7-12-25(20-24)34(38)39/h7,11-16,20,28,30H,5-6,8-10,17-19H2,1-4H3. The Kier molecular flexibility index (Phi) is 12.4. The molecule has 1 heterocycles. The molecule has 0 spiro atoms. The number of aryl methyl sites for hydroxylation is 1. The number of nitro benzene ring substituents is 1. The first-order valence-corrected chi connectivity index (χ1v) is 14.4. The van der Waals surface area contributed by atoms with E-state index in [1.54, 1.807) is 33.8 Å². The van der Waals surface area contributed by atoms with E-state index in [1.165, 1.54) is 18.2 Å². The Morgan fingerprint density at radius 1 is 0.930 bits per heavy atom. The van der Waals surface area contributed by atoms with Gasteiger partial charge in [0.15, 0.2) is 0 Å². The van der Waals surface area contributed by atoms with Crippen molar-refractivity contribution in [3.05, 3.63) is 81.0 Å². The minimum atomic E-state index is -0.939. The first-order valence-electron chi connectivity index (χ1n) is 14.4. The third kappa shape index (κ3) is 9.22. The molecule has 0 N–H and O–H groups in total. The van der Waals surface area contributed by atoms with Gasteiger partial charge in [-0.25, -0.2) is 4.79 Å². The topological polar surface area (TPSA) is 144 Å². The fourth-order valence-electron chi connectivity index (χ4n) is 4.84. The Labute approximate surface area is 251 Å². The van der Waals surface area contributed by atoms with Gasteiger partial charge in [-0.15, -0.1) is 0 Å². The van der Waals surface area contributed by atoms with E-state index in [1.807, 2.05) is 24.3 Å². The summed E-state index contributed by atoms with van der Waals surface area (Å²) in [6.45, 7) is 7.64. The summed E-state index contributed by atoms with van der Waals surface area (Å²) < 4.78 is 21.7. The number of benzene rings is 2. The molecule has 0 amide bonds. The predicted molar refractivity (Wildman–Crippen MR) is 159 cm³/mol. The fraction of sp³-hybridized carbons (Fsp3) is 0.438. The van der Waals surface area contributed by atoms with Crippen molar-refractivity contribution in [3.8, 4) is 5.75 Å². The Balaban J connectivity index is 1.61. The van der Waals surface area contributed by atoms with Gasteiger partial charge in [0.05, 0.1) is 36.9 Å². The minimum absolute atomic E-state index is 0.0542. The van der Waals surface area contributed by atoms with Gasteiger partial charge in [-0.2, -0.15) is 0 Å². The molecule has 11 nitrogen and oxygen atoms in total. The molecule has 1 aliphatic rings. The maximum atomic E-state index is 13.4. The van der Waals surface area contributed by atoms with Crippen LogP contribution in [0.5, 0.6) is 5.75 Å². The summed E-state index contributed by atoms with van der Waals surface area (Å²) in [4.78, 5) is 53.0. The highest BCUT2D eigenvalue weighted by Crippen LogP contribution is 2.41. The van der Waals surface area contributed by atoms with E-state index < -0.39 is 28.7 Å². The molecule has 0 radical (unpaired) electrons. The van der Waals surface area contributed by atoms with Gasteiger partial charge in [-0.3, -0.25) is 24.7 Å². The maximum Gasteiger partial charge on any atom is 0.336 e. The van der Waals surface area contributed by atoms with Crippen LogP contribution in [0, 0.1) is 16.0 Å². The lowest BCUT2D eigenvalue weighted by Crippen LogP contribution is -2.36. The lowest BCUT2D eigenvalue weighted by Gasteiger charge is -2.31. The number of hydrogen-bond acceptors (Lipinski definition) is 10. The number of carbonyl (C=O) groups excluding carboxylic acids is 3. The third-order valence-corrected chi connectivity index (χ3v) is 6.90. The van der Waals surface area contributed by atoms with Gasteiger partial charge in [0.1, 0.15) is 11.7 Å². The number of hydrogen-bond donors (Lipinski definition) is 0. The SMILES string of the molecule is CCOC(=O)C1C(C)=NC(C)=C(C(=O)OCCCOc2ccc(CCCOC(=O)CC)cc2)C1c1cccc([N+](=O)[O-])c1. The molecule has 2 aromatic carbocycles. The van der Waals surface area contributed by atoms with Crippen LogP contribution in [0.1, 0.15) is 64.0 Å². The molecule has 3 rings (SSSR count). The summed E-state index contributed by atoms with van der Waals surface area (Å²) in [5, 5.41) is 11.5. The molecule has 2 aromatic rings. The van der Waals surface area contributed by atoms with Crippen molar-refractivity contribution in [1.29, 1.82) is 0 Å². The predicted octanol–water partition coefficient (Wildman–Crippen LogP) is 5.50. The highest BCUT2D eigenvalue weighted by atomic mass is 16.6. The van der Waals surface area contributed by atoms with E-state index >= 15 is 0 Å². The van der Waals surface area contributed by atoms with Crippen molar-refractivity contribution >= 4 is 29.3 Å². The normalized spacial score (nSPS) is 16.2. The molecule has 1 aliphatic heterocycles. The second-order valence-corrected chi connectivity index (χ2v) is 9.97. The summed E-state index contributed by atoms with van der Waals surface area (Å²) in [7, 11) is 0. The van der Waals surface area contributed by atoms with Crippen LogP contribution in [0.4, 0.5) is 5.69 Å². The average molecular weight is 595 g/mol. The molecule has 11 heteroatoms. The van der Waals surface area contributed by atoms with E-state index in [9.17, 15) is 24.5 Å². The van der Waals surface area contributed by atoms with E-state index in [2.05, 4.69) is 4.99 Å². The largest absolute Gasteiger partial charge is 0.493 e. The van der Waals surface area contributed by atoms with E-state index in [0.717, 1.165) is 18.4 Å². The molecule has 43 heavy (non-hydrogen) atoms. The van der Waals surface area contributed by atoms with E-state index in [4.69, 9.17) is 18.9 Å². The molecule has 0 saturated carbocycles. The molecule has 0 aromatic heterocycles. The van der Waals surface area contributed by atoms with Crippen molar-refractivity contribution in [3.63, 3.8) is 0 Å². The van der Waals surface area contributed by atoms with Gasteiger partial charge in [0.25, 0.3) is 5.69 Å². The molecule has 0 bridgehead atoms. The second-order valence-electron chi connectivity index (χ2n) is 9.97. The summed E-state index contributed by atoms with van der Waals surface area (Å²) in [6.07, 6.45) is 2.29. The van der Waals surface area contributed by atoms with Crippen LogP contribution in [0.25, 0.3) is 0 Å². The Hall–Kier alpha value is -4.54. The molecular weight excluding hydrogens is 556 g/mol. The Bertz CT molecular complexity index is 1370. The monoisotopic (exact) mass is 594 g/mol. The number of ether oxygens (including phenoxy) is 4. The number of nitrogens with zero attached hydrogens (tertiary/aromatic N) is 2. The van der Waals surface area contributed by atoms with Gasteiger partial charge in [0.2, 0.25) is 0 Å². The summed E-state index contributed by atoms with van der Waals surface area (Å²) in [6, 6.07) is 13.5. The van der Waals surface area contributed by atoms with Crippen molar-refractivity contribution in [2.24, 2.45) is 10.9 Å².